The maximum absolute atomic E-state index is 5.76. The smallest absolute Gasteiger partial charge is 0.0550 e. The summed E-state index contributed by atoms with van der Waals surface area (Å²) < 4.78 is 0. The molecule has 0 saturated carbocycles. The van der Waals surface area contributed by atoms with Crippen molar-refractivity contribution in [1.29, 1.82) is 0 Å². The van der Waals surface area contributed by atoms with Crippen LogP contribution in [0.1, 0.15) is 11.1 Å². The van der Waals surface area contributed by atoms with E-state index in [1.54, 1.807) is 0 Å². The van der Waals surface area contributed by atoms with Crippen molar-refractivity contribution in [3.63, 3.8) is 0 Å². The number of nitrogens with two attached hydrogens (primary N) is 4. The molecule has 0 saturated heterocycles. The SMILES string of the molecule is Cl.Cl.Cl.Cl.Nc1ccc(Cc2ccc(N)c(N)c2)cc1N. The van der Waals surface area contributed by atoms with Gasteiger partial charge in [0.2, 0.25) is 0 Å². The Balaban J connectivity index is -0.000000810. The first-order valence-electron chi connectivity index (χ1n) is 5.34. The minimum atomic E-state index is 0. The predicted molar refractivity (Wildman–Crippen MR) is 102 cm³/mol. The van der Waals surface area contributed by atoms with Crippen molar-refractivity contribution in [3.8, 4) is 0 Å². The molecule has 21 heavy (non-hydrogen) atoms. The quantitative estimate of drug-likeness (QED) is 0.606. The molecule has 4 nitrogen and oxygen atoms in total. The molecule has 0 radical (unpaired) electrons. The van der Waals surface area contributed by atoms with Crippen molar-refractivity contribution in [3.05, 3.63) is 47.5 Å². The highest BCUT2D eigenvalue weighted by molar-refractivity contribution is 5.86. The molecule has 0 heterocycles. The fourth-order valence-electron chi connectivity index (χ4n) is 1.70. The van der Waals surface area contributed by atoms with Gasteiger partial charge in [-0.3, -0.25) is 0 Å². The van der Waals surface area contributed by atoms with Gasteiger partial charge in [-0.1, -0.05) is 12.1 Å². The summed E-state index contributed by atoms with van der Waals surface area (Å²) in [4.78, 5) is 0. The number of anilines is 4. The Labute approximate surface area is 149 Å². The van der Waals surface area contributed by atoms with Crippen LogP contribution in [0.2, 0.25) is 0 Å². The number of benzene rings is 2. The molecule has 2 aromatic carbocycles. The Kier molecular flexibility index (Phi) is 12.4. The average Bonchev–Trinajstić information content (AvgIpc) is 2.29. The van der Waals surface area contributed by atoms with E-state index in [1.807, 2.05) is 36.4 Å². The molecule has 0 bridgehead atoms. The largest absolute Gasteiger partial charge is 0.397 e. The maximum atomic E-state index is 5.76. The second-order valence-corrected chi connectivity index (χ2v) is 4.10. The fourth-order valence-corrected chi connectivity index (χ4v) is 1.70. The van der Waals surface area contributed by atoms with Crippen LogP contribution >= 0.6 is 49.6 Å². The predicted octanol–water partition coefficient (Wildman–Crippen LogP) is 3.29. The molecule has 0 aromatic heterocycles. The summed E-state index contributed by atoms with van der Waals surface area (Å²) in [7, 11) is 0. The lowest BCUT2D eigenvalue weighted by Crippen LogP contribution is -1.98. The fraction of sp³-hybridized carbons (Fsp3) is 0.0769. The van der Waals surface area contributed by atoms with E-state index in [1.165, 1.54) is 0 Å². The van der Waals surface area contributed by atoms with Crippen LogP contribution in [0.15, 0.2) is 36.4 Å². The zero-order chi connectivity index (χ0) is 12.4. The topological polar surface area (TPSA) is 104 Å². The van der Waals surface area contributed by atoms with Crippen LogP contribution in [0.25, 0.3) is 0 Å². The summed E-state index contributed by atoms with van der Waals surface area (Å²) in [5.41, 5.74) is 27.5. The van der Waals surface area contributed by atoms with Crippen LogP contribution in [-0.2, 0) is 6.42 Å². The number of rotatable bonds is 2. The van der Waals surface area contributed by atoms with Crippen LogP contribution < -0.4 is 22.9 Å². The molecular weight excluding hydrogens is 354 g/mol. The number of halogens is 4. The van der Waals surface area contributed by atoms with Crippen LogP contribution in [0.5, 0.6) is 0 Å². The van der Waals surface area contributed by atoms with Gasteiger partial charge in [0.05, 0.1) is 22.7 Å². The van der Waals surface area contributed by atoms with E-state index in [4.69, 9.17) is 22.9 Å². The third kappa shape index (κ3) is 6.40. The summed E-state index contributed by atoms with van der Waals surface area (Å²) >= 11 is 0. The van der Waals surface area contributed by atoms with Crippen molar-refractivity contribution in [1.82, 2.24) is 0 Å². The van der Waals surface area contributed by atoms with Gasteiger partial charge in [0.1, 0.15) is 0 Å². The third-order valence-corrected chi connectivity index (χ3v) is 2.71. The minimum absolute atomic E-state index is 0. The highest BCUT2D eigenvalue weighted by atomic mass is 35.5. The normalized spacial score (nSPS) is 8.38. The van der Waals surface area contributed by atoms with Gasteiger partial charge in [0, 0.05) is 0 Å². The van der Waals surface area contributed by atoms with E-state index in [-0.39, 0.29) is 49.6 Å². The molecule has 0 aliphatic carbocycles. The Hall–Kier alpha value is -1.20. The Bertz CT molecular complexity index is 514. The lowest BCUT2D eigenvalue weighted by Gasteiger charge is -2.07. The van der Waals surface area contributed by atoms with Crippen molar-refractivity contribution in [2.24, 2.45) is 0 Å². The summed E-state index contributed by atoms with van der Waals surface area (Å²) in [6.07, 6.45) is 0.759. The lowest BCUT2D eigenvalue weighted by atomic mass is 10.0. The average molecular weight is 374 g/mol. The molecule has 0 aliphatic heterocycles. The van der Waals surface area contributed by atoms with Gasteiger partial charge in [0.15, 0.2) is 0 Å². The molecule has 0 unspecified atom stereocenters. The number of hydrogen-bond acceptors (Lipinski definition) is 4. The van der Waals surface area contributed by atoms with Crippen LogP contribution in [0, 0.1) is 0 Å². The highest BCUT2D eigenvalue weighted by Gasteiger charge is 2.01. The summed E-state index contributed by atoms with van der Waals surface area (Å²) in [6.45, 7) is 0. The second kappa shape index (κ2) is 10.5. The Morgan fingerprint density at radius 2 is 0.857 bits per heavy atom. The van der Waals surface area contributed by atoms with E-state index >= 15 is 0 Å². The molecule has 2 rings (SSSR count). The summed E-state index contributed by atoms with van der Waals surface area (Å²) in [5, 5.41) is 0. The summed E-state index contributed by atoms with van der Waals surface area (Å²) in [6, 6.07) is 11.3. The Morgan fingerprint density at radius 1 is 0.524 bits per heavy atom. The molecule has 0 fully saturated rings. The highest BCUT2D eigenvalue weighted by Crippen LogP contribution is 2.21. The molecule has 2 aromatic rings. The molecule has 0 atom stereocenters. The van der Waals surface area contributed by atoms with E-state index in [0.29, 0.717) is 22.7 Å². The third-order valence-electron chi connectivity index (χ3n) is 2.71. The monoisotopic (exact) mass is 372 g/mol. The molecule has 8 heteroatoms. The van der Waals surface area contributed by atoms with Gasteiger partial charge in [-0.05, 0) is 41.8 Å². The number of hydrogen-bond donors (Lipinski definition) is 4. The van der Waals surface area contributed by atoms with Crippen molar-refractivity contribution in [2.75, 3.05) is 22.9 Å². The first-order chi connectivity index (χ1) is 8.06. The van der Waals surface area contributed by atoms with E-state index in [0.717, 1.165) is 17.5 Å². The van der Waals surface area contributed by atoms with Crippen molar-refractivity contribution >= 4 is 72.4 Å². The van der Waals surface area contributed by atoms with Crippen molar-refractivity contribution in [2.45, 2.75) is 6.42 Å². The van der Waals surface area contributed by atoms with Crippen molar-refractivity contribution < 1.29 is 0 Å². The second-order valence-electron chi connectivity index (χ2n) is 4.10. The van der Waals surface area contributed by atoms with Gasteiger partial charge in [-0.15, -0.1) is 49.6 Å². The molecule has 0 aliphatic rings. The lowest BCUT2D eigenvalue weighted by molar-refractivity contribution is 1.20. The van der Waals surface area contributed by atoms with Crippen LogP contribution in [-0.4, -0.2) is 0 Å². The minimum Gasteiger partial charge on any atom is -0.397 e. The van der Waals surface area contributed by atoms with E-state index < -0.39 is 0 Å². The first kappa shape index (κ1) is 24.8. The first-order valence-corrected chi connectivity index (χ1v) is 5.34. The zero-order valence-corrected chi connectivity index (χ0v) is 14.4. The van der Waals surface area contributed by atoms with Gasteiger partial charge in [-0.25, -0.2) is 0 Å². The van der Waals surface area contributed by atoms with Gasteiger partial charge in [0.25, 0.3) is 0 Å². The molecule has 8 N–H and O–H groups in total. The van der Waals surface area contributed by atoms with E-state index in [9.17, 15) is 0 Å². The van der Waals surface area contributed by atoms with E-state index in [2.05, 4.69) is 0 Å². The standard InChI is InChI=1S/C13H16N4.4ClH/c14-10-3-1-8(6-12(10)16)5-9-2-4-11(15)13(17)7-9;;;;/h1-4,6-7H,5,14-17H2;4*1H. The van der Waals surface area contributed by atoms with Gasteiger partial charge in [-0.2, -0.15) is 0 Å². The van der Waals surface area contributed by atoms with Gasteiger partial charge >= 0.3 is 0 Å². The molecule has 0 amide bonds. The van der Waals surface area contributed by atoms with Gasteiger partial charge < -0.3 is 22.9 Å². The molecule has 0 spiro atoms. The number of nitrogen functional groups attached to an aromatic ring is 4. The zero-order valence-electron chi connectivity index (χ0n) is 11.1. The maximum Gasteiger partial charge on any atom is 0.0550 e. The summed E-state index contributed by atoms with van der Waals surface area (Å²) in [5.74, 6) is 0. The molecule has 120 valence electrons. The molecular formula is C13H20Cl4N4. The Morgan fingerprint density at radius 3 is 1.14 bits per heavy atom. The van der Waals surface area contributed by atoms with Crippen LogP contribution in [0.3, 0.4) is 0 Å². The van der Waals surface area contributed by atoms with Crippen LogP contribution in [0.4, 0.5) is 22.7 Å².